The van der Waals surface area contributed by atoms with Crippen LogP contribution in [0.2, 0.25) is 0 Å². The summed E-state index contributed by atoms with van der Waals surface area (Å²) in [5.74, 6) is -0.815. The number of hydrogen-bond acceptors (Lipinski definition) is 3. The van der Waals surface area contributed by atoms with Gasteiger partial charge in [0.15, 0.2) is 6.10 Å². The number of Topliss-reactive ketones (excluding diaryl/α,β-unsaturated/α-hetero) is 1. The van der Waals surface area contributed by atoms with Crippen molar-refractivity contribution >= 4 is 22.7 Å². The van der Waals surface area contributed by atoms with Crippen molar-refractivity contribution in [2.75, 3.05) is 0 Å². The van der Waals surface area contributed by atoms with Gasteiger partial charge in [-0.05, 0) is 29.3 Å². The Morgan fingerprint density at radius 3 is 2.00 bits per heavy atom. The van der Waals surface area contributed by atoms with Gasteiger partial charge in [0.05, 0.1) is 5.56 Å². The van der Waals surface area contributed by atoms with Crippen molar-refractivity contribution in [3.05, 3.63) is 132 Å². The summed E-state index contributed by atoms with van der Waals surface area (Å²) in [5, 5.41) is 0.798. The maximum Gasteiger partial charge on any atom is 0.339 e. The summed E-state index contributed by atoms with van der Waals surface area (Å²) >= 11 is 0. The molecule has 5 aromatic rings. The van der Waals surface area contributed by atoms with Crippen LogP contribution in [0.25, 0.3) is 22.0 Å². The molecule has 5 rings (SSSR count). The molecule has 0 fully saturated rings. The number of nitrogens with one attached hydrogen (secondary N) is 1. The molecule has 1 aromatic heterocycles. The maximum absolute atomic E-state index is 13.5. The lowest BCUT2D eigenvalue weighted by atomic mass is 9.99. The lowest BCUT2D eigenvalue weighted by Gasteiger charge is -2.17. The highest BCUT2D eigenvalue weighted by molar-refractivity contribution is 6.11. The Hall–Kier alpha value is -4.44. The fraction of sp³-hybridized carbons (Fsp3) is 0.0345. The minimum atomic E-state index is -1.05. The zero-order valence-electron chi connectivity index (χ0n) is 17.8. The van der Waals surface area contributed by atoms with Gasteiger partial charge in [-0.25, -0.2) is 4.79 Å². The number of fused-ring (bicyclic) bond motifs is 1. The predicted octanol–water partition coefficient (Wildman–Crippen LogP) is 6.62. The molecule has 4 heteroatoms. The molecule has 0 spiro atoms. The molecular formula is C29H21NO3. The summed E-state index contributed by atoms with van der Waals surface area (Å²) < 4.78 is 5.80. The monoisotopic (exact) mass is 431 g/mol. The van der Waals surface area contributed by atoms with Gasteiger partial charge < -0.3 is 9.72 Å². The number of esters is 1. The van der Waals surface area contributed by atoms with Crippen molar-refractivity contribution in [1.82, 2.24) is 4.98 Å². The van der Waals surface area contributed by atoms with Crippen molar-refractivity contribution in [3.8, 4) is 11.1 Å². The van der Waals surface area contributed by atoms with Crippen molar-refractivity contribution in [1.29, 1.82) is 0 Å². The van der Waals surface area contributed by atoms with E-state index < -0.39 is 12.1 Å². The molecule has 33 heavy (non-hydrogen) atoms. The average Bonchev–Trinajstić information content (AvgIpc) is 3.32. The highest BCUT2D eigenvalue weighted by Crippen LogP contribution is 2.28. The Labute approximate surface area is 191 Å². The van der Waals surface area contributed by atoms with Crippen LogP contribution in [0, 0.1) is 0 Å². The van der Waals surface area contributed by atoms with Crippen LogP contribution in [-0.2, 0) is 4.74 Å². The quantitative estimate of drug-likeness (QED) is 0.243. The van der Waals surface area contributed by atoms with E-state index in [1.165, 1.54) is 0 Å². The second kappa shape index (κ2) is 8.97. The smallest absolute Gasteiger partial charge is 0.339 e. The fourth-order valence-corrected chi connectivity index (χ4v) is 3.92. The predicted molar refractivity (Wildman–Crippen MR) is 129 cm³/mol. The first-order chi connectivity index (χ1) is 16.2. The van der Waals surface area contributed by atoms with Crippen molar-refractivity contribution in [3.63, 3.8) is 0 Å². The molecule has 0 unspecified atom stereocenters. The lowest BCUT2D eigenvalue weighted by Crippen LogP contribution is -2.20. The molecule has 1 heterocycles. The van der Waals surface area contributed by atoms with Crippen LogP contribution in [0.1, 0.15) is 32.4 Å². The Morgan fingerprint density at radius 1 is 0.667 bits per heavy atom. The number of ether oxygens (including phenoxy) is 1. The standard InChI is InChI=1S/C29H21NO3/c31-27(25-19-30-26-14-8-7-13-24(25)26)28(22-11-5-2-6-12-22)33-29(32)23-17-15-21(16-18-23)20-9-3-1-4-10-20/h1-19,28,30H/t28-/m1/s1. The molecule has 0 bridgehead atoms. The number of carbonyl (C=O) groups is 2. The van der Waals surface area contributed by atoms with Crippen LogP contribution < -0.4 is 0 Å². The third-order valence-electron chi connectivity index (χ3n) is 5.65. The number of aromatic amines is 1. The van der Waals surface area contributed by atoms with E-state index in [1.807, 2.05) is 84.9 Å². The minimum Gasteiger partial charge on any atom is -0.445 e. The van der Waals surface area contributed by atoms with E-state index in [2.05, 4.69) is 4.98 Å². The van der Waals surface area contributed by atoms with Crippen molar-refractivity contribution in [2.24, 2.45) is 0 Å². The first kappa shape index (κ1) is 20.5. The van der Waals surface area contributed by atoms with E-state index in [1.54, 1.807) is 30.5 Å². The Kier molecular flexibility index (Phi) is 5.56. The van der Waals surface area contributed by atoms with Crippen molar-refractivity contribution < 1.29 is 14.3 Å². The number of aromatic nitrogens is 1. The molecule has 0 aliphatic carbocycles. The van der Waals surface area contributed by atoms with Gasteiger partial charge in [0, 0.05) is 28.2 Å². The third kappa shape index (κ3) is 4.19. The highest BCUT2D eigenvalue weighted by atomic mass is 16.5. The molecule has 160 valence electrons. The molecular weight excluding hydrogens is 410 g/mol. The Morgan fingerprint density at radius 2 is 1.27 bits per heavy atom. The van der Waals surface area contributed by atoms with E-state index in [9.17, 15) is 9.59 Å². The molecule has 1 N–H and O–H groups in total. The number of rotatable bonds is 6. The zero-order chi connectivity index (χ0) is 22.6. The largest absolute Gasteiger partial charge is 0.445 e. The molecule has 0 saturated carbocycles. The maximum atomic E-state index is 13.5. The fourth-order valence-electron chi connectivity index (χ4n) is 3.92. The van der Waals surface area contributed by atoms with Gasteiger partial charge in [0.1, 0.15) is 0 Å². The summed E-state index contributed by atoms with van der Waals surface area (Å²) in [4.78, 5) is 29.7. The highest BCUT2D eigenvalue weighted by Gasteiger charge is 2.28. The summed E-state index contributed by atoms with van der Waals surface area (Å²) in [6, 6.07) is 33.8. The molecule has 4 nitrogen and oxygen atoms in total. The number of hydrogen-bond donors (Lipinski definition) is 1. The topological polar surface area (TPSA) is 59.2 Å². The SMILES string of the molecule is O=C(O[C@@H](C(=O)c1c[nH]c2ccccc12)c1ccccc1)c1ccc(-c2ccccc2)cc1. The van der Waals surface area contributed by atoms with Crippen LogP contribution in [0.3, 0.4) is 0 Å². The third-order valence-corrected chi connectivity index (χ3v) is 5.65. The van der Waals surface area contributed by atoms with Gasteiger partial charge in [0.2, 0.25) is 5.78 Å². The first-order valence-electron chi connectivity index (χ1n) is 10.7. The summed E-state index contributed by atoms with van der Waals surface area (Å²) in [5.41, 5.74) is 4.43. The second-order valence-corrected chi connectivity index (χ2v) is 7.75. The lowest BCUT2D eigenvalue weighted by molar-refractivity contribution is 0.0280. The Bertz CT molecular complexity index is 1400. The Balaban J connectivity index is 1.44. The van der Waals surface area contributed by atoms with E-state index in [4.69, 9.17) is 4.74 Å². The molecule has 0 saturated heterocycles. The van der Waals surface area contributed by atoms with Crippen LogP contribution in [-0.4, -0.2) is 16.7 Å². The zero-order valence-corrected chi connectivity index (χ0v) is 17.8. The second-order valence-electron chi connectivity index (χ2n) is 7.75. The summed E-state index contributed by atoms with van der Waals surface area (Å²) in [6.45, 7) is 0. The van der Waals surface area contributed by atoms with Gasteiger partial charge in [-0.3, -0.25) is 4.79 Å². The van der Waals surface area contributed by atoms with Crippen LogP contribution in [0.4, 0.5) is 0 Å². The molecule has 0 radical (unpaired) electrons. The normalized spacial score (nSPS) is 11.8. The van der Waals surface area contributed by atoms with E-state index in [-0.39, 0.29) is 5.78 Å². The number of para-hydroxylation sites is 1. The van der Waals surface area contributed by atoms with Gasteiger partial charge in [-0.2, -0.15) is 0 Å². The number of H-pyrrole nitrogens is 1. The minimum absolute atomic E-state index is 0.270. The molecule has 0 aliphatic rings. The molecule has 0 aliphatic heterocycles. The van der Waals surface area contributed by atoms with Crippen LogP contribution in [0.5, 0.6) is 0 Å². The van der Waals surface area contributed by atoms with Gasteiger partial charge in [0.25, 0.3) is 0 Å². The average molecular weight is 431 g/mol. The van der Waals surface area contributed by atoms with Crippen LogP contribution in [0.15, 0.2) is 115 Å². The van der Waals surface area contributed by atoms with E-state index in [0.717, 1.165) is 22.0 Å². The van der Waals surface area contributed by atoms with Gasteiger partial charge >= 0.3 is 5.97 Å². The number of carbonyl (C=O) groups excluding carboxylic acids is 2. The van der Waals surface area contributed by atoms with Crippen LogP contribution >= 0.6 is 0 Å². The molecule has 0 amide bonds. The van der Waals surface area contributed by atoms with E-state index in [0.29, 0.717) is 16.7 Å². The van der Waals surface area contributed by atoms with Gasteiger partial charge in [-0.15, -0.1) is 0 Å². The number of benzene rings is 4. The van der Waals surface area contributed by atoms with Crippen molar-refractivity contribution in [2.45, 2.75) is 6.10 Å². The van der Waals surface area contributed by atoms with Gasteiger partial charge in [-0.1, -0.05) is 91.0 Å². The first-order valence-corrected chi connectivity index (χ1v) is 10.7. The summed E-state index contributed by atoms with van der Waals surface area (Å²) in [7, 11) is 0. The summed E-state index contributed by atoms with van der Waals surface area (Å²) in [6.07, 6.45) is 0.623. The molecule has 4 aromatic carbocycles. The number of ketones is 1. The van der Waals surface area contributed by atoms with E-state index >= 15 is 0 Å². The molecule has 1 atom stereocenters.